The molecule has 1 fully saturated rings. The summed E-state index contributed by atoms with van der Waals surface area (Å²) in [4.78, 5) is 15.4. The van der Waals surface area contributed by atoms with E-state index in [-0.39, 0.29) is 0 Å². The molecule has 4 rings (SSSR count). The number of benzene rings is 3. The third kappa shape index (κ3) is 8.08. The van der Waals surface area contributed by atoms with Crippen LogP contribution in [0.3, 0.4) is 0 Å². The molecule has 0 bridgehead atoms. The van der Waals surface area contributed by atoms with E-state index < -0.39 is 6.03 Å². The normalized spacial score (nSPS) is 13.7. The maximum Gasteiger partial charge on any atom is 0.323 e. The molecule has 0 aliphatic carbocycles. The topological polar surface area (TPSA) is 123 Å². The Morgan fingerprint density at radius 1 is 0.977 bits per heavy atom. The second-order valence-electron chi connectivity index (χ2n) is 10.1. The van der Waals surface area contributed by atoms with Crippen LogP contribution < -0.4 is 29.6 Å². The molecule has 0 spiro atoms. The first-order valence-electron chi connectivity index (χ1n) is 14.1. The second-order valence-corrected chi connectivity index (χ2v) is 10.1. The van der Waals surface area contributed by atoms with E-state index in [0.29, 0.717) is 52.1 Å². The highest BCUT2D eigenvalue weighted by Crippen LogP contribution is 2.42. The molecule has 0 saturated carbocycles. The van der Waals surface area contributed by atoms with Crippen LogP contribution in [-0.2, 0) is 4.74 Å². The zero-order valence-electron chi connectivity index (χ0n) is 25.4. The number of nitrogens with zero attached hydrogens (tertiary/aromatic N) is 2. The SMILES string of the molecule is COc1cc(-c2cc(NC(=O)Nc3ccc(OCCCN4CCOCC4)cc3C)cc(OC)c2OC)ccc1/C(C)=N/O. The summed E-state index contributed by atoms with van der Waals surface area (Å²) in [6.45, 7) is 8.72. The first-order chi connectivity index (χ1) is 20.9. The molecule has 230 valence electrons. The van der Waals surface area contributed by atoms with E-state index in [1.165, 1.54) is 7.11 Å². The minimum absolute atomic E-state index is 0.414. The van der Waals surface area contributed by atoms with Crippen LogP contribution in [0.1, 0.15) is 24.5 Å². The number of aryl methyl sites for hydroxylation is 1. The average molecular weight is 593 g/mol. The Bertz CT molecular complexity index is 1440. The molecule has 43 heavy (non-hydrogen) atoms. The zero-order chi connectivity index (χ0) is 30.8. The fourth-order valence-electron chi connectivity index (χ4n) is 4.92. The lowest BCUT2D eigenvalue weighted by molar-refractivity contribution is 0.0358. The first-order valence-corrected chi connectivity index (χ1v) is 14.1. The monoisotopic (exact) mass is 592 g/mol. The van der Waals surface area contributed by atoms with Gasteiger partial charge in [-0.2, -0.15) is 0 Å². The summed E-state index contributed by atoms with van der Waals surface area (Å²) in [5.74, 6) is 2.21. The number of carbonyl (C=O) groups is 1. The highest BCUT2D eigenvalue weighted by Gasteiger charge is 2.18. The molecule has 0 unspecified atom stereocenters. The van der Waals surface area contributed by atoms with Crippen LogP contribution >= 0.6 is 0 Å². The quantitative estimate of drug-likeness (QED) is 0.107. The molecule has 11 heteroatoms. The van der Waals surface area contributed by atoms with Gasteiger partial charge in [0.1, 0.15) is 11.5 Å². The molecule has 1 aliphatic rings. The average Bonchev–Trinajstić information content (AvgIpc) is 3.03. The molecule has 0 atom stereocenters. The fourth-order valence-corrected chi connectivity index (χ4v) is 4.92. The molecule has 3 N–H and O–H groups in total. The van der Waals surface area contributed by atoms with E-state index in [4.69, 9.17) is 23.7 Å². The van der Waals surface area contributed by atoms with Gasteiger partial charge in [0.2, 0.25) is 0 Å². The molecule has 3 aromatic rings. The summed E-state index contributed by atoms with van der Waals surface area (Å²) < 4.78 is 28.1. The number of anilines is 2. The molecule has 0 radical (unpaired) electrons. The number of amides is 2. The molecule has 0 aromatic heterocycles. The molecular weight excluding hydrogens is 552 g/mol. The largest absolute Gasteiger partial charge is 0.496 e. The van der Waals surface area contributed by atoms with Gasteiger partial charge >= 0.3 is 6.03 Å². The highest BCUT2D eigenvalue weighted by molar-refractivity contribution is 6.02. The summed E-state index contributed by atoms with van der Waals surface area (Å²) in [5, 5.41) is 18.3. The first kappa shape index (κ1) is 31.5. The lowest BCUT2D eigenvalue weighted by Gasteiger charge is -2.26. The van der Waals surface area contributed by atoms with Crippen molar-refractivity contribution in [3.63, 3.8) is 0 Å². The molecule has 2 amide bonds. The fraction of sp³-hybridized carbons (Fsp3) is 0.375. The Balaban J connectivity index is 1.45. The van der Waals surface area contributed by atoms with E-state index >= 15 is 0 Å². The van der Waals surface area contributed by atoms with Crippen LogP contribution in [0.5, 0.6) is 23.0 Å². The van der Waals surface area contributed by atoms with Gasteiger partial charge in [-0.1, -0.05) is 11.2 Å². The Morgan fingerprint density at radius 3 is 2.42 bits per heavy atom. The van der Waals surface area contributed by atoms with Crippen molar-refractivity contribution in [2.45, 2.75) is 20.3 Å². The minimum Gasteiger partial charge on any atom is -0.496 e. The van der Waals surface area contributed by atoms with Crippen LogP contribution in [-0.4, -0.2) is 82.6 Å². The molecular formula is C32H40N4O7. The number of nitrogens with one attached hydrogen (secondary N) is 2. The van der Waals surface area contributed by atoms with Crippen LogP contribution in [0.4, 0.5) is 16.2 Å². The Kier molecular flexibility index (Phi) is 11.1. The zero-order valence-corrected chi connectivity index (χ0v) is 25.4. The Hall–Kier alpha value is -4.48. The lowest BCUT2D eigenvalue weighted by Crippen LogP contribution is -2.37. The molecule has 1 heterocycles. The van der Waals surface area contributed by atoms with Gasteiger partial charge in [0.05, 0.1) is 46.9 Å². The molecule has 1 saturated heterocycles. The van der Waals surface area contributed by atoms with E-state index in [1.54, 1.807) is 45.4 Å². The van der Waals surface area contributed by atoms with Crippen molar-refractivity contribution in [3.05, 3.63) is 59.7 Å². The predicted molar refractivity (Wildman–Crippen MR) is 167 cm³/mol. The predicted octanol–water partition coefficient (Wildman–Crippen LogP) is 5.63. The molecule has 3 aromatic carbocycles. The third-order valence-electron chi connectivity index (χ3n) is 7.23. The van der Waals surface area contributed by atoms with Crippen molar-refractivity contribution >= 4 is 23.1 Å². The minimum atomic E-state index is -0.414. The van der Waals surface area contributed by atoms with Crippen molar-refractivity contribution in [2.24, 2.45) is 5.16 Å². The van der Waals surface area contributed by atoms with E-state index in [2.05, 4.69) is 20.7 Å². The molecule has 11 nitrogen and oxygen atoms in total. The number of methoxy groups -OCH3 is 3. The maximum atomic E-state index is 13.0. The summed E-state index contributed by atoms with van der Waals surface area (Å²) in [6, 6.07) is 14.1. The van der Waals surface area contributed by atoms with Crippen LogP contribution in [0, 0.1) is 6.92 Å². The van der Waals surface area contributed by atoms with Crippen LogP contribution in [0.2, 0.25) is 0 Å². The van der Waals surface area contributed by atoms with Gasteiger partial charge in [0.25, 0.3) is 0 Å². The van der Waals surface area contributed by atoms with Gasteiger partial charge in [0.15, 0.2) is 11.5 Å². The summed E-state index contributed by atoms with van der Waals surface area (Å²) >= 11 is 0. The van der Waals surface area contributed by atoms with Gasteiger partial charge in [-0.25, -0.2) is 4.79 Å². The summed E-state index contributed by atoms with van der Waals surface area (Å²) in [7, 11) is 4.63. The highest BCUT2D eigenvalue weighted by atomic mass is 16.5. The maximum absolute atomic E-state index is 13.0. The Labute approximate surface area is 252 Å². The third-order valence-corrected chi connectivity index (χ3v) is 7.23. The standard InChI is InChI=1S/C32H40N4O7/c1-21-17-25(43-14-6-11-36-12-15-42-16-13-36)8-10-28(21)34-32(37)33-24-19-27(31(41-5)30(20-24)40-4)23-7-9-26(22(2)35-38)29(18-23)39-3/h7-10,17-20,38H,6,11-16H2,1-5H3,(H2,33,34,37)/b35-22+. The van der Waals surface area contributed by atoms with Crippen LogP contribution in [0.15, 0.2) is 53.7 Å². The van der Waals surface area contributed by atoms with Gasteiger partial charge in [-0.05, 0) is 67.8 Å². The van der Waals surface area contributed by atoms with Crippen molar-refractivity contribution < 1.29 is 33.7 Å². The molecule has 1 aliphatic heterocycles. The smallest absolute Gasteiger partial charge is 0.323 e. The van der Waals surface area contributed by atoms with Gasteiger partial charge in [-0.3, -0.25) is 4.90 Å². The van der Waals surface area contributed by atoms with Crippen LogP contribution in [0.25, 0.3) is 11.1 Å². The number of rotatable bonds is 12. The van der Waals surface area contributed by atoms with E-state index in [1.807, 2.05) is 31.2 Å². The van der Waals surface area contributed by atoms with Crippen molar-refractivity contribution in [3.8, 4) is 34.1 Å². The Morgan fingerprint density at radius 2 is 1.74 bits per heavy atom. The second kappa shape index (κ2) is 15.1. The number of carbonyl (C=O) groups excluding carboxylic acids is 1. The van der Waals surface area contributed by atoms with Gasteiger partial charge in [-0.15, -0.1) is 0 Å². The van der Waals surface area contributed by atoms with Crippen molar-refractivity contribution in [2.75, 3.05) is 71.4 Å². The number of hydrogen-bond donors (Lipinski definition) is 3. The van der Waals surface area contributed by atoms with Crippen molar-refractivity contribution in [1.29, 1.82) is 0 Å². The lowest BCUT2D eigenvalue weighted by atomic mass is 9.99. The van der Waals surface area contributed by atoms with Gasteiger partial charge < -0.3 is 39.5 Å². The van der Waals surface area contributed by atoms with Crippen molar-refractivity contribution in [1.82, 2.24) is 4.90 Å². The number of urea groups is 1. The number of ether oxygens (including phenoxy) is 5. The summed E-state index contributed by atoms with van der Waals surface area (Å²) in [5.41, 5.74) is 4.53. The number of hydrogen-bond acceptors (Lipinski definition) is 9. The number of morpholine rings is 1. The van der Waals surface area contributed by atoms with E-state index in [0.717, 1.165) is 56.1 Å². The summed E-state index contributed by atoms with van der Waals surface area (Å²) in [6.07, 6.45) is 0.933. The van der Waals surface area contributed by atoms with Gasteiger partial charge in [0, 0.05) is 48.2 Å². The number of oxime groups is 1. The van der Waals surface area contributed by atoms with E-state index in [9.17, 15) is 10.0 Å².